The molecule has 0 fully saturated rings. The van der Waals surface area contributed by atoms with Crippen LogP contribution in [0.2, 0.25) is 0 Å². The van der Waals surface area contributed by atoms with Crippen molar-refractivity contribution in [2.24, 2.45) is 0 Å². The van der Waals surface area contributed by atoms with Crippen LogP contribution in [-0.4, -0.2) is 37.5 Å². The summed E-state index contributed by atoms with van der Waals surface area (Å²) in [5, 5.41) is 3.04. The number of Topliss-reactive ketones (excluding diaryl/α,β-unsaturated/α-hetero) is 1. The lowest BCUT2D eigenvalue weighted by atomic mass is 9.96. The highest BCUT2D eigenvalue weighted by molar-refractivity contribution is 6.18. The summed E-state index contributed by atoms with van der Waals surface area (Å²) >= 11 is 0. The summed E-state index contributed by atoms with van der Waals surface area (Å²) in [7, 11) is 2.36. The van der Waals surface area contributed by atoms with Crippen molar-refractivity contribution in [1.82, 2.24) is 5.32 Å². The lowest BCUT2D eigenvalue weighted by Crippen LogP contribution is -2.32. The van der Waals surface area contributed by atoms with E-state index in [0.29, 0.717) is 5.56 Å². The minimum Gasteiger partial charge on any atom is -0.466 e. The van der Waals surface area contributed by atoms with Crippen molar-refractivity contribution in [3.8, 4) is 0 Å². The Bertz CT molecular complexity index is 696. The summed E-state index contributed by atoms with van der Waals surface area (Å²) in [4.78, 5) is 36.7. The third kappa shape index (κ3) is 6.25. The molecule has 0 amide bonds. The average molecular weight is 345 g/mol. The second-order valence-corrected chi connectivity index (χ2v) is 6.22. The number of benzene rings is 1. The molecule has 0 aliphatic carbocycles. The van der Waals surface area contributed by atoms with Gasteiger partial charge in [-0.05, 0) is 20.8 Å². The van der Waals surface area contributed by atoms with Crippen LogP contribution in [0.4, 0.5) is 0 Å². The van der Waals surface area contributed by atoms with Crippen LogP contribution in [0.25, 0.3) is 0 Å². The normalized spacial score (nSPS) is 12.4. The van der Waals surface area contributed by atoms with E-state index in [0.717, 1.165) is 6.08 Å². The summed E-state index contributed by atoms with van der Waals surface area (Å²) in [6.07, 6.45) is 2.36. The van der Waals surface area contributed by atoms with E-state index >= 15 is 0 Å². The maximum absolute atomic E-state index is 12.9. The third-order valence-corrected chi connectivity index (χ3v) is 3.09. The Balaban J connectivity index is 3.46. The van der Waals surface area contributed by atoms with Gasteiger partial charge in [0, 0.05) is 23.4 Å². The second kappa shape index (κ2) is 8.82. The first-order valence-electron chi connectivity index (χ1n) is 7.65. The number of esters is 2. The van der Waals surface area contributed by atoms with Crippen LogP contribution < -0.4 is 5.32 Å². The molecule has 0 bridgehead atoms. The SMILES string of the molecule is COC(=O)/C=C(C(=O)OC)\C(=C\NC(C)(C)C)C(=O)c1ccccc1. The predicted molar refractivity (Wildman–Crippen MR) is 93.9 cm³/mol. The zero-order valence-corrected chi connectivity index (χ0v) is 15.1. The van der Waals surface area contributed by atoms with Gasteiger partial charge in [0.1, 0.15) is 0 Å². The van der Waals surface area contributed by atoms with E-state index in [1.54, 1.807) is 30.3 Å². The van der Waals surface area contributed by atoms with Gasteiger partial charge in [-0.1, -0.05) is 30.3 Å². The third-order valence-electron chi connectivity index (χ3n) is 3.09. The lowest BCUT2D eigenvalue weighted by molar-refractivity contribution is -0.138. The first-order valence-corrected chi connectivity index (χ1v) is 7.65. The van der Waals surface area contributed by atoms with Gasteiger partial charge >= 0.3 is 11.9 Å². The summed E-state index contributed by atoms with van der Waals surface area (Å²) in [5.41, 5.74) is -0.142. The van der Waals surface area contributed by atoms with Crippen molar-refractivity contribution in [3.63, 3.8) is 0 Å². The molecule has 0 saturated carbocycles. The maximum atomic E-state index is 12.9. The fourth-order valence-corrected chi connectivity index (χ4v) is 1.83. The molecule has 0 aliphatic rings. The van der Waals surface area contributed by atoms with Crippen LogP contribution in [0.15, 0.2) is 53.8 Å². The minimum atomic E-state index is -0.809. The van der Waals surface area contributed by atoms with Gasteiger partial charge < -0.3 is 14.8 Å². The number of hydrogen-bond acceptors (Lipinski definition) is 6. The molecule has 0 atom stereocenters. The highest BCUT2D eigenvalue weighted by Gasteiger charge is 2.25. The van der Waals surface area contributed by atoms with Crippen molar-refractivity contribution >= 4 is 17.7 Å². The summed E-state index contributed by atoms with van der Waals surface area (Å²) in [5.74, 6) is -1.99. The number of ketones is 1. The zero-order chi connectivity index (χ0) is 19.0. The van der Waals surface area contributed by atoms with E-state index in [1.807, 2.05) is 20.8 Å². The minimum absolute atomic E-state index is 0.0124. The van der Waals surface area contributed by atoms with Crippen molar-refractivity contribution in [2.45, 2.75) is 26.3 Å². The Morgan fingerprint density at radius 3 is 2.04 bits per heavy atom. The molecule has 0 spiro atoms. The van der Waals surface area contributed by atoms with E-state index in [9.17, 15) is 14.4 Å². The van der Waals surface area contributed by atoms with Crippen molar-refractivity contribution < 1.29 is 23.9 Å². The fraction of sp³-hybridized carbons (Fsp3) is 0.316. The molecule has 0 saturated heterocycles. The van der Waals surface area contributed by atoms with Crippen LogP contribution >= 0.6 is 0 Å². The zero-order valence-electron chi connectivity index (χ0n) is 15.1. The molecule has 0 aliphatic heterocycles. The summed E-state index contributed by atoms with van der Waals surface area (Å²) in [6, 6.07) is 8.45. The molecule has 0 unspecified atom stereocenters. The van der Waals surface area contributed by atoms with Crippen LogP contribution in [0.3, 0.4) is 0 Å². The van der Waals surface area contributed by atoms with Crippen LogP contribution in [-0.2, 0) is 19.1 Å². The highest BCUT2D eigenvalue weighted by Crippen LogP contribution is 2.19. The van der Waals surface area contributed by atoms with Gasteiger partial charge in [-0.3, -0.25) is 4.79 Å². The van der Waals surface area contributed by atoms with Crippen LogP contribution in [0, 0.1) is 0 Å². The maximum Gasteiger partial charge on any atom is 0.338 e. The molecule has 25 heavy (non-hydrogen) atoms. The molecule has 134 valence electrons. The Hall–Kier alpha value is -2.89. The Kier molecular flexibility index (Phi) is 7.11. The Morgan fingerprint density at radius 1 is 0.960 bits per heavy atom. The first-order chi connectivity index (χ1) is 11.7. The first kappa shape index (κ1) is 20.2. The van der Waals surface area contributed by atoms with Gasteiger partial charge in [0.05, 0.1) is 25.4 Å². The van der Waals surface area contributed by atoms with E-state index in [-0.39, 0.29) is 16.7 Å². The summed E-state index contributed by atoms with van der Waals surface area (Å²) in [6.45, 7) is 5.70. The van der Waals surface area contributed by atoms with Gasteiger partial charge in [-0.15, -0.1) is 0 Å². The lowest BCUT2D eigenvalue weighted by Gasteiger charge is -2.20. The van der Waals surface area contributed by atoms with Gasteiger partial charge in [-0.25, -0.2) is 9.59 Å². The fourth-order valence-electron chi connectivity index (χ4n) is 1.83. The van der Waals surface area contributed by atoms with Gasteiger partial charge in [0.25, 0.3) is 0 Å². The number of carbonyl (C=O) groups excluding carboxylic acids is 3. The molecule has 6 nitrogen and oxygen atoms in total. The number of hydrogen-bond donors (Lipinski definition) is 1. The largest absolute Gasteiger partial charge is 0.466 e. The van der Waals surface area contributed by atoms with E-state index in [2.05, 4.69) is 10.1 Å². The predicted octanol–water partition coefficient (Wildman–Crippen LogP) is 2.41. The van der Waals surface area contributed by atoms with Crippen molar-refractivity contribution in [3.05, 3.63) is 59.3 Å². The molecule has 0 radical (unpaired) electrons. The molecule has 1 aromatic rings. The monoisotopic (exact) mass is 345 g/mol. The molecular weight excluding hydrogens is 322 g/mol. The average Bonchev–Trinajstić information content (AvgIpc) is 2.59. The second-order valence-electron chi connectivity index (χ2n) is 6.22. The molecule has 1 rings (SSSR count). The summed E-state index contributed by atoms with van der Waals surface area (Å²) < 4.78 is 9.30. The molecule has 0 heterocycles. The van der Waals surface area contributed by atoms with E-state index in [4.69, 9.17) is 4.74 Å². The van der Waals surface area contributed by atoms with Crippen LogP contribution in [0.1, 0.15) is 31.1 Å². The van der Waals surface area contributed by atoms with Crippen molar-refractivity contribution in [1.29, 1.82) is 0 Å². The molecular formula is C19H23NO5. The van der Waals surface area contributed by atoms with Gasteiger partial charge in [-0.2, -0.15) is 0 Å². The number of ether oxygens (including phenoxy) is 2. The number of rotatable bonds is 6. The van der Waals surface area contributed by atoms with Gasteiger partial charge in [0.15, 0.2) is 5.78 Å². The molecule has 1 aromatic carbocycles. The number of methoxy groups -OCH3 is 2. The van der Waals surface area contributed by atoms with Crippen molar-refractivity contribution in [2.75, 3.05) is 14.2 Å². The molecule has 6 heteroatoms. The smallest absolute Gasteiger partial charge is 0.338 e. The topological polar surface area (TPSA) is 81.7 Å². The highest BCUT2D eigenvalue weighted by atomic mass is 16.5. The Morgan fingerprint density at radius 2 is 1.56 bits per heavy atom. The molecule has 1 N–H and O–H groups in total. The van der Waals surface area contributed by atoms with Crippen LogP contribution in [0.5, 0.6) is 0 Å². The van der Waals surface area contributed by atoms with E-state index in [1.165, 1.54) is 20.4 Å². The quantitative estimate of drug-likeness (QED) is 0.369. The number of carbonyl (C=O) groups is 3. The van der Waals surface area contributed by atoms with Gasteiger partial charge in [0.2, 0.25) is 0 Å². The number of nitrogens with one attached hydrogen (secondary N) is 1. The molecule has 0 aromatic heterocycles. The standard InChI is InChI=1S/C19H23NO5/c1-19(2,3)20-12-15(17(22)13-9-7-6-8-10-13)14(18(23)25-5)11-16(21)24-4/h6-12,20H,1-5H3/b14-11+,15-12-. The van der Waals surface area contributed by atoms with E-state index < -0.39 is 17.7 Å². The Labute approximate surface area is 147 Å².